The molecule has 0 bridgehead atoms. The maximum absolute atomic E-state index is 4.83. The topological polar surface area (TPSA) is 59.6 Å². The molecular formula is C28H39N7. The third-order valence-electron chi connectivity index (χ3n) is 7.48. The number of aromatic nitrogens is 2. The zero-order valence-corrected chi connectivity index (χ0v) is 21.4. The Hall–Kier alpha value is -2.90. The Balaban J connectivity index is 1.16. The third-order valence-corrected chi connectivity index (χ3v) is 7.48. The monoisotopic (exact) mass is 473 g/mol. The standard InChI is InChI=1S/C28H39N7/c1-33(2)27-24-9-5-6-10-25(24)31-28(32-27)30-23-14-12-22(13-15-23)29-20-21-8-4-7-11-26(21)35-18-16-34(3)17-19-35/h4-11,22-23,29H,12-20H2,1-3H3,(H,30,31,32). The number of para-hydroxylation sites is 2. The first kappa shape index (κ1) is 23.8. The minimum absolute atomic E-state index is 0.418. The van der Waals surface area contributed by atoms with Crippen molar-refractivity contribution in [2.75, 3.05) is 62.4 Å². The van der Waals surface area contributed by atoms with Gasteiger partial charge in [-0.25, -0.2) is 4.98 Å². The van der Waals surface area contributed by atoms with Crippen molar-refractivity contribution in [1.29, 1.82) is 0 Å². The number of hydrogen-bond donors (Lipinski definition) is 2. The molecule has 7 heteroatoms. The van der Waals surface area contributed by atoms with Crippen LogP contribution in [0.1, 0.15) is 31.2 Å². The zero-order chi connectivity index (χ0) is 24.2. The first-order valence-corrected chi connectivity index (χ1v) is 13.0. The number of piperazine rings is 1. The van der Waals surface area contributed by atoms with Crippen LogP contribution in [0.5, 0.6) is 0 Å². The van der Waals surface area contributed by atoms with Gasteiger partial charge in [-0.3, -0.25) is 0 Å². The minimum atomic E-state index is 0.418. The molecule has 0 amide bonds. The van der Waals surface area contributed by atoms with Gasteiger partial charge in [-0.2, -0.15) is 4.98 Å². The summed E-state index contributed by atoms with van der Waals surface area (Å²) in [6, 6.07) is 18.1. The first-order chi connectivity index (χ1) is 17.1. The van der Waals surface area contributed by atoms with E-state index >= 15 is 0 Å². The summed E-state index contributed by atoms with van der Waals surface area (Å²) in [6.45, 7) is 5.42. The molecule has 2 N–H and O–H groups in total. The van der Waals surface area contributed by atoms with Crippen LogP contribution in [-0.2, 0) is 6.54 Å². The Kier molecular flexibility index (Phi) is 7.35. The van der Waals surface area contributed by atoms with Gasteiger partial charge in [-0.05, 0) is 56.5 Å². The van der Waals surface area contributed by atoms with Gasteiger partial charge in [0, 0.05) is 70.0 Å². The van der Waals surface area contributed by atoms with Crippen molar-refractivity contribution in [3.8, 4) is 0 Å². The summed E-state index contributed by atoms with van der Waals surface area (Å²) in [5, 5.41) is 8.58. The molecule has 2 heterocycles. The molecule has 5 rings (SSSR count). The number of nitrogens with zero attached hydrogens (tertiary/aromatic N) is 5. The van der Waals surface area contributed by atoms with Crippen LogP contribution in [0.25, 0.3) is 10.9 Å². The summed E-state index contributed by atoms with van der Waals surface area (Å²) in [5.74, 6) is 1.71. The molecule has 7 nitrogen and oxygen atoms in total. The van der Waals surface area contributed by atoms with Gasteiger partial charge in [0.15, 0.2) is 0 Å². The fraction of sp³-hybridized carbons (Fsp3) is 0.500. The number of benzene rings is 2. The molecule has 2 aliphatic rings. The molecule has 0 unspecified atom stereocenters. The lowest BCUT2D eigenvalue weighted by Crippen LogP contribution is -2.45. The average Bonchev–Trinajstić information content (AvgIpc) is 2.88. The summed E-state index contributed by atoms with van der Waals surface area (Å²) in [6.07, 6.45) is 4.60. The van der Waals surface area contributed by atoms with Gasteiger partial charge < -0.3 is 25.3 Å². The van der Waals surface area contributed by atoms with E-state index < -0.39 is 0 Å². The number of rotatable bonds is 7. The highest BCUT2D eigenvalue weighted by Crippen LogP contribution is 2.27. The van der Waals surface area contributed by atoms with Crippen LogP contribution in [0.3, 0.4) is 0 Å². The highest BCUT2D eigenvalue weighted by Gasteiger charge is 2.23. The Labute approximate surface area is 209 Å². The highest BCUT2D eigenvalue weighted by molar-refractivity contribution is 5.90. The molecule has 2 aromatic carbocycles. The molecule has 35 heavy (non-hydrogen) atoms. The highest BCUT2D eigenvalue weighted by atomic mass is 15.2. The van der Waals surface area contributed by atoms with Crippen LogP contribution >= 0.6 is 0 Å². The van der Waals surface area contributed by atoms with Crippen molar-refractivity contribution >= 4 is 28.4 Å². The largest absolute Gasteiger partial charge is 0.369 e. The molecule has 186 valence electrons. The quantitative estimate of drug-likeness (QED) is 0.539. The van der Waals surface area contributed by atoms with Crippen LogP contribution in [0.15, 0.2) is 48.5 Å². The number of hydrogen-bond acceptors (Lipinski definition) is 7. The second-order valence-corrected chi connectivity index (χ2v) is 10.3. The Morgan fingerprint density at radius 3 is 2.31 bits per heavy atom. The summed E-state index contributed by atoms with van der Waals surface area (Å²) < 4.78 is 0. The fourth-order valence-corrected chi connectivity index (χ4v) is 5.36. The number of anilines is 3. The van der Waals surface area contributed by atoms with Gasteiger partial charge in [0.05, 0.1) is 5.52 Å². The van der Waals surface area contributed by atoms with Crippen LogP contribution in [0.2, 0.25) is 0 Å². The SMILES string of the molecule is CN1CCN(c2ccccc2CNC2CCC(Nc3nc(N(C)C)c4ccccc4n3)CC2)CC1. The lowest BCUT2D eigenvalue weighted by Gasteiger charge is -2.35. The maximum atomic E-state index is 4.83. The number of fused-ring (bicyclic) bond motifs is 1. The van der Waals surface area contributed by atoms with Crippen LogP contribution in [0, 0.1) is 0 Å². The molecule has 1 aliphatic carbocycles. The molecule has 0 spiro atoms. The summed E-state index contributed by atoms with van der Waals surface area (Å²) >= 11 is 0. The van der Waals surface area contributed by atoms with E-state index in [-0.39, 0.29) is 0 Å². The normalized spacial score (nSPS) is 21.3. The maximum Gasteiger partial charge on any atom is 0.225 e. The van der Waals surface area contributed by atoms with E-state index in [1.165, 1.54) is 24.1 Å². The lowest BCUT2D eigenvalue weighted by molar-refractivity contribution is 0.312. The summed E-state index contributed by atoms with van der Waals surface area (Å²) in [4.78, 5) is 16.6. The van der Waals surface area contributed by atoms with Gasteiger partial charge in [0.2, 0.25) is 5.95 Å². The van der Waals surface area contributed by atoms with Gasteiger partial charge in [0.25, 0.3) is 0 Å². The molecule has 1 saturated carbocycles. The van der Waals surface area contributed by atoms with Crippen molar-refractivity contribution in [3.05, 3.63) is 54.1 Å². The van der Waals surface area contributed by atoms with E-state index in [9.17, 15) is 0 Å². The molecule has 1 aromatic heterocycles. The van der Waals surface area contributed by atoms with E-state index in [0.29, 0.717) is 12.1 Å². The molecule has 3 aromatic rings. The molecular weight excluding hydrogens is 434 g/mol. The second kappa shape index (κ2) is 10.8. The minimum Gasteiger partial charge on any atom is -0.369 e. The van der Waals surface area contributed by atoms with E-state index in [1.54, 1.807) is 0 Å². The van der Waals surface area contributed by atoms with Crippen LogP contribution < -0.4 is 20.4 Å². The second-order valence-electron chi connectivity index (χ2n) is 10.3. The van der Waals surface area contributed by atoms with Crippen LogP contribution in [-0.4, -0.2) is 74.3 Å². The van der Waals surface area contributed by atoms with Gasteiger partial charge in [-0.1, -0.05) is 30.3 Å². The van der Waals surface area contributed by atoms with E-state index in [0.717, 1.165) is 68.2 Å². The fourth-order valence-electron chi connectivity index (χ4n) is 5.36. The predicted molar refractivity (Wildman–Crippen MR) is 147 cm³/mol. The van der Waals surface area contributed by atoms with Crippen molar-refractivity contribution in [2.24, 2.45) is 0 Å². The Morgan fingerprint density at radius 1 is 0.857 bits per heavy atom. The van der Waals surface area contributed by atoms with Crippen molar-refractivity contribution in [3.63, 3.8) is 0 Å². The number of nitrogens with one attached hydrogen (secondary N) is 2. The third kappa shape index (κ3) is 5.68. The molecule has 0 radical (unpaired) electrons. The van der Waals surface area contributed by atoms with Crippen molar-refractivity contribution in [2.45, 2.75) is 44.3 Å². The zero-order valence-electron chi connectivity index (χ0n) is 21.4. The van der Waals surface area contributed by atoms with Gasteiger partial charge >= 0.3 is 0 Å². The molecule has 0 atom stereocenters. The molecule has 2 fully saturated rings. The van der Waals surface area contributed by atoms with Crippen molar-refractivity contribution in [1.82, 2.24) is 20.2 Å². The van der Waals surface area contributed by atoms with Gasteiger partial charge in [-0.15, -0.1) is 0 Å². The summed E-state index contributed by atoms with van der Waals surface area (Å²) in [5.41, 5.74) is 3.80. The predicted octanol–water partition coefficient (Wildman–Crippen LogP) is 3.96. The van der Waals surface area contributed by atoms with Gasteiger partial charge in [0.1, 0.15) is 5.82 Å². The van der Waals surface area contributed by atoms with E-state index in [4.69, 9.17) is 9.97 Å². The number of likely N-dealkylation sites (N-methyl/N-ethyl adjacent to an activating group) is 1. The van der Waals surface area contributed by atoms with Crippen molar-refractivity contribution < 1.29 is 0 Å². The molecule has 1 saturated heterocycles. The van der Waals surface area contributed by atoms with Crippen LogP contribution in [0.4, 0.5) is 17.5 Å². The summed E-state index contributed by atoms with van der Waals surface area (Å²) in [7, 11) is 6.29. The van der Waals surface area contributed by atoms with E-state index in [2.05, 4.69) is 68.8 Å². The average molecular weight is 474 g/mol. The Morgan fingerprint density at radius 2 is 1.54 bits per heavy atom. The first-order valence-electron chi connectivity index (χ1n) is 13.0. The molecule has 1 aliphatic heterocycles. The smallest absolute Gasteiger partial charge is 0.225 e. The van der Waals surface area contributed by atoms with E-state index in [1.807, 2.05) is 26.2 Å². The lowest BCUT2D eigenvalue weighted by atomic mass is 9.91. The Bertz CT molecular complexity index is 1120.